The van der Waals surface area contributed by atoms with E-state index in [0.29, 0.717) is 18.8 Å². The quantitative estimate of drug-likeness (QED) is 0.807. The third-order valence-electron chi connectivity index (χ3n) is 3.79. The minimum absolute atomic E-state index is 0.371. The molecule has 6 heteroatoms. The Morgan fingerprint density at radius 3 is 3.00 bits per heavy atom. The van der Waals surface area contributed by atoms with Gasteiger partial charge in [0.15, 0.2) is 5.82 Å². The highest BCUT2D eigenvalue weighted by atomic mass is 16.5. The molecule has 1 saturated carbocycles. The van der Waals surface area contributed by atoms with E-state index in [1.807, 2.05) is 12.3 Å². The molecule has 108 valence electrons. The van der Waals surface area contributed by atoms with Gasteiger partial charge >= 0.3 is 0 Å². The lowest BCUT2D eigenvalue weighted by Crippen LogP contribution is -2.31. The summed E-state index contributed by atoms with van der Waals surface area (Å²) in [7, 11) is 0. The van der Waals surface area contributed by atoms with Crippen LogP contribution in [0.3, 0.4) is 0 Å². The number of ether oxygens (including phenoxy) is 1. The lowest BCUT2D eigenvalue weighted by atomic mass is 9.94. The molecule has 20 heavy (non-hydrogen) atoms. The monoisotopic (exact) mass is 275 g/mol. The van der Waals surface area contributed by atoms with Gasteiger partial charge in [-0.25, -0.2) is 9.50 Å². The van der Waals surface area contributed by atoms with Crippen LogP contribution in [0.25, 0.3) is 5.52 Å². The second kappa shape index (κ2) is 6.19. The number of fused-ring (bicyclic) bond motifs is 1. The summed E-state index contributed by atoms with van der Waals surface area (Å²) in [5, 5.41) is 7.48. The van der Waals surface area contributed by atoms with E-state index in [1.54, 1.807) is 16.9 Å². The highest BCUT2D eigenvalue weighted by Gasteiger charge is 2.18. The van der Waals surface area contributed by atoms with Gasteiger partial charge < -0.3 is 15.8 Å². The van der Waals surface area contributed by atoms with Gasteiger partial charge in [0, 0.05) is 25.0 Å². The highest BCUT2D eigenvalue weighted by Crippen LogP contribution is 2.19. The normalized spacial score (nSPS) is 23.1. The number of aromatic nitrogens is 3. The molecule has 3 N–H and O–H groups in total. The molecular weight excluding hydrogens is 254 g/mol. The van der Waals surface area contributed by atoms with Crippen molar-refractivity contribution < 1.29 is 4.74 Å². The Morgan fingerprint density at radius 2 is 2.15 bits per heavy atom. The van der Waals surface area contributed by atoms with E-state index >= 15 is 0 Å². The largest absolute Gasteiger partial charge is 0.376 e. The van der Waals surface area contributed by atoms with Crippen molar-refractivity contribution in [2.24, 2.45) is 5.73 Å². The van der Waals surface area contributed by atoms with Gasteiger partial charge in [-0.3, -0.25) is 0 Å². The minimum Gasteiger partial charge on any atom is -0.376 e. The summed E-state index contributed by atoms with van der Waals surface area (Å²) >= 11 is 0. The molecule has 3 rings (SSSR count). The van der Waals surface area contributed by atoms with Gasteiger partial charge in [0.05, 0.1) is 18.9 Å². The zero-order valence-corrected chi connectivity index (χ0v) is 11.5. The zero-order chi connectivity index (χ0) is 13.8. The Balaban J connectivity index is 1.45. The van der Waals surface area contributed by atoms with Crippen molar-refractivity contribution in [3.8, 4) is 0 Å². The number of rotatable bonds is 5. The predicted molar refractivity (Wildman–Crippen MR) is 77.7 cm³/mol. The molecule has 1 aliphatic rings. The van der Waals surface area contributed by atoms with Crippen LogP contribution in [0.2, 0.25) is 0 Å². The molecule has 0 spiro atoms. The van der Waals surface area contributed by atoms with Gasteiger partial charge in [-0.2, -0.15) is 5.10 Å². The Bertz CT molecular complexity index is 547. The van der Waals surface area contributed by atoms with E-state index in [1.165, 1.54) is 0 Å². The van der Waals surface area contributed by atoms with Crippen LogP contribution in [0.15, 0.2) is 24.7 Å². The summed E-state index contributed by atoms with van der Waals surface area (Å²) in [5.74, 6) is 0.847. The van der Waals surface area contributed by atoms with Crippen molar-refractivity contribution in [3.63, 3.8) is 0 Å². The minimum atomic E-state index is 0.371. The average molecular weight is 275 g/mol. The molecule has 0 amide bonds. The topological polar surface area (TPSA) is 77.5 Å². The van der Waals surface area contributed by atoms with Crippen LogP contribution in [0.4, 0.5) is 5.82 Å². The molecule has 0 unspecified atom stereocenters. The van der Waals surface area contributed by atoms with E-state index < -0.39 is 0 Å². The number of nitrogens with two attached hydrogens (primary N) is 1. The first-order valence-electron chi connectivity index (χ1n) is 7.22. The van der Waals surface area contributed by atoms with Crippen molar-refractivity contribution in [1.29, 1.82) is 0 Å². The summed E-state index contributed by atoms with van der Waals surface area (Å²) in [6.45, 7) is 1.44. The number of hydrogen-bond acceptors (Lipinski definition) is 5. The maximum absolute atomic E-state index is 5.89. The molecule has 0 radical (unpaired) electrons. The van der Waals surface area contributed by atoms with E-state index in [4.69, 9.17) is 10.5 Å². The molecule has 0 aliphatic heterocycles. The number of nitrogens with one attached hydrogen (secondary N) is 1. The number of hydrogen-bond donors (Lipinski definition) is 2. The van der Waals surface area contributed by atoms with Gasteiger partial charge in [0.1, 0.15) is 5.52 Å². The molecular formula is C14H21N5O. The second-order valence-electron chi connectivity index (χ2n) is 5.27. The maximum Gasteiger partial charge on any atom is 0.152 e. The van der Waals surface area contributed by atoms with Crippen LogP contribution >= 0.6 is 0 Å². The molecule has 0 bridgehead atoms. The van der Waals surface area contributed by atoms with Gasteiger partial charge in [-0.1, -0.05) is 0 Å². The zero-order valence-electron chi connectivity index (χ0n) is 11.5. The fraction of sp³-hybridized carbons (Fsp3) is 0.571. The first-order chi connectivity index (χ1) is 9.83. The third-order valence-corrected chi connectivity index (χ3v) is 3.79. The van der Waals surface area contributed by atoms with Crippen LogP contribution in [0.5, 0.6) is 0 Å². The third kappa shape index (κ3) is 3.08. The Kier molecular flexibility index (Phi) is 4.13. The first kappa shape index (κ1) is 13.3. The van der Waals surface area contributed by atoms with Crippen molar-refractivity contribution in [1.82, 2.24) is 14.6 Å². The van der Waals surface area contributed by atoms with Gasteiger partial charge in [0.25, 0.3) is 0 Å². The number of nitrogens with zero attached hydrogens (tertiary/aromatic N) is 3. The predicted octanol–water partition coefficient (Wildman–Crippen LogP) is 1.43. The Morgan fingerprint density at radius 1 is 1.30 bits per heavy atom. The summed E-state index contributed by atoms with van der Waals surface area (Å²) in [5.41, 5.74) is 6.87. The molecule has 0 aromatic carbocycles. The lowest BCUT2D eigenvalue weighted by molar-refractivity contribution is 0.0313. The first-order valence-corrected chi connectivity index (χ1v) is 7.22. The van der Waals surface area contributed by atoms with Crippen LogP contribution in [-0.2, 0) is 4.74 Å². The molecule has 0 saturated heterocycles. The average Bonchev–Trinajstić information content (AvgIpc) is 2.94. The number of anilines is 1. The van der Waals surface area contributed by atoms with Crippen LogP contribution in [-0.4, -0.2) is 39.9 Å². The molecule has 6 nitrogen and oxygen atoms in total. The summed E-state index contributed by atoms with van der Waals surface area (Å²) < 4.78 is 7.68. The van der Waals surface area contributed by atoms with Gasteiger partial charge in [0.2, 0.25) is 0 Å². The lowest BCUT2D eigenvalue weighted by Gasteiger charge is -2.26. The van der Waals surface area contributed by atoms with Crippen molar-refractivity contribution in [2.45, 2.75) is 37.8 Å². The van der Waals surface area contributed by atoms with E-state index in [0.717, 1.165) is 43.6 Å². The maximum atomic E-state index is 5.89. The van der Waals surface area contributed by atoms with E-state index in [2.05, 4.69) is 15.4 Å². The molecule has 2 aromatic rings. The fourth-order valence-electron chi connectivity index (χ4n) is 2.64. The van der Waals surface area contributed by atoms with Gasteiger partial charge in [-0.05, 0) is 31.7 Å². The van der Waals surface area contributed by atoms with Crippen molar-refractivity contribution in [3.05, 3.63) is 24.7 Å². The molecule has 0 atom stereocenters. The summed E-state index contributed by atoms with van der Waals surface area (Å²) in [6.07, 6.45) is 10.0. The Hall–Kier alpha value is -1.66. The van der Waals surface area contributed by atoms with Crippen molar-refractivity contribution >= 4 is 11.3 Å². The SMILES string of the molecule is NC1CCC(OCCNc2nccn3nccc23)CC1. The van der Waals surface area contributed by atoms with Crippen LogP contribution in [0.1, 0.15) is 25.7 Å². The molecule has 1 fully saturated rings. The molecule has 1 aliphatic carbocycles. The van der Waals surface area contributed by atoms with Crippen LogP contribution in [0, 0.1) is 0 Å². The standard InChI is InChI=1S/C14H21N5O/c15-11-1-3-12(4-2-11)20-10-8-17-14-13-5-6-18-19(13)9-7-16-14/h5-7,9,11-12H,1-4,8,10,15H2,(H,16,17). The summed E-state index contributed by atoms with van der Waals surface area (Å²) in [6, 6.07) is 2.32. The smallest absolute Gasteiger partial charge is 0.152 e. The second-order valence-corrected chi connectivity index (χ2v) is 5.27. The molecule has 2 heterocycles. The van der Waals surface area contributed by atoms with E-state index in [9.17, 15) is 0 Å². The fourth-order valence-corrected chi connectivity index (χ4v) is 2.64. The van der Waals surface area contributed by atoms with E-state index in [-0.39, 0.29) is 0 Å². The molecule has 2 aromatic heterocycles. The van der Waals surface area contributed by atoms with Crippen molar-refractivity contribution in [2.75, 3.05) is 18.5 Å². The summed E-state index contributed by atoms with van der Waals surface area (Å²) in [4.78, 5) is 4.33. The van der Waals surface area contributed by atoms with Gasteiger partial charge in [-0.15, -0.1) is 0 Å². The Labute approximate surface area is 118 Å². The highest BCUT2D eigenvalue weighted by molar-refractivity contribution is 5.66. The van der Waals surface area contributed by atoms with Crippen LogP contribution < -0.4 is 11.1 Å².